The number of ether oxygens (including phenoxy) is 1. The molecule has 0 unspecified atom stereocenters. The molecule has 1 rings (SSSR count). The highest BCUT2D eigenvalue weighted by molar-refractivity contribution is 7.98. The van der Waals surface area contributed by atoms with Crippen LogP contribution in [0.15, 0.2) is 11.0 Å². The predicted molar refractivity (Wildman–Crippen MR) is 68.5 cm³/mol. The number of pyridine rings is 1. The van der Waals surface area contributed by atoms with E-state index in [0.717, 1.165) is 10.6 Å². The van der Waals surface area contributed by atoms with E-state index in [-0.39, 0.29) is 5.69 Å². The third-order valence-electron chi connectivity index (χ3n) is 1.72. The molecule has 3 nitrogen and oxygen atoms in total. The summed E-state index contributed by atoms with van der Waals surface area (Å²) in [5.41, 5.74) is 0.951. The number of rotatable bonds is 2. The predicted octanol–water partition coefficient (Wildman–Crippen LogP) is 3.58. The summed E-state index contributed by atoms with van der Waals surface area (Å²) in [5, 5.41) is 0.326. The zero-order valence-electron chi connectivity index (χ0n) is 10.1. The summed E-state index contributed by atoms with van der Waals surface area (Å²) >= 11 is 7.42. The Hall–Kier alpha value is -0.740. The molecule has 0 amide bonds. The van der Waals surface area contributed by atoms with Crippen molar-refractivity contribution in [2.24, 2.45) is 0 Å². The van der Waals surface area contributed by atoms with Crippen LogP contribution in [-0.2, 0) is 4.74 Å². The number of thioether (sulfide) groups is 1. The summed E-state index contributed by atoms with van der Waals surface area (Å²) in [6, 6.07) is 1.72. The Bertz CT molecular complexity index is 369. The molecule has 0 aliphatic heterocycles. The van der Waals surface area contributed by atoms with Crippen molar-refractivity contribution in [3.8, 4) is 0 Å². The van der Waals surface area contributed by atoms with Crippen molar-refractivity contribution < 1.29 is 9.53 Å². The molecule has 90 valence electrons. The van der Waals surface area contributed by atoms with Gasteiger partial charge in [0.2, 0.25) is 0 Å². The van der Waals surface area contributed by atoms with Gasteiger partial charge in [-0.1, -0.05) is 25.4 Å². The second kappa shape index (κ2) is 7.52. The number of methoxy groups -OCH3 is 1. The number of hydrogen-bond donors (Lipinski definition) is 0. The Morgan fingerprint density at radius 1 is 1.50 bits per heavy atom. The van der Waals surface area contributed by atoms with E-state index in [9.17, 15) is 4.79 Å². The smallest absolute Gasteiger partial charge is 0.358 e. The fourth-order valence-corrected chi connectivity index (χ4v) is 1.88. The van der Waals surface area contributed by atoms with Gasteiger partial charge in [-0.25, -0.2) is 9.78 Å². The van der Waals surface area contributed by atoms with Gasteiger partial charge >= 0.3 is 5.97 Å². The maximum atomic E-state index is 11.2. The topological polar surface area (TPSA) is 39.2 Å². The Labute approximate surface area is 106 Å². The van der Waals surface area contributed by atoms with Gasteiger partial charge in [-0.05, 0) is 19.2 Å². The van der Waals surface area contributed by atoms with Crippen LogP contribution in [0.5, 0.6) is 0 Å². The number of nitrogens with zero attached hydrogens (tertiary/aromatic N) is 1. The van der Waals surface area contributed by atoms with Crippen molar-refractivity contribution in [3.63, 3.8) is 0 Å². The maximum absolute atomic E-state index is 11.2. The van der Waals surface area contributed by atoms with Crippen molar-refractivity contribution in [1.29, 1.82) is 0 Å². The van der Waals surface area contributed by atoms with Crippen LogP contribution in [-0.4, -0.2) is 24.3 Å². The van der Waals surface area contributed by atoms with Crippen LogP contribution in [0.4, 0.5) is 0 Å². The molecule has 0 aliphatic carbocycles. The number of halogens is 1. The highest BCUT2D eigenvalue weighted by Gasteiger charge is 2.14. The first-order valence-corrected chi connectivity index (χ1v) is 6.50. The lowest BCUT2D eigenvalue weighted by Crippen LogP contribution is -2.06. The summed E-state index contributed by atoms with van der Waals surface area (Å²) in [6.45, 7) is 5.83. The van der Waals surface area contributed by atoms with Gasteiger partial charge in [-0.2, -0.15) is 0 Å². The lowest BCUT2D eigenvalue weighted by Gasteiger charge is -2.06. The Balaban J connectivity index is 0.00000106. The van der Waals surface area contributed by atoms with E-state index in [4.69, 9.17) is 11.6 Å². The van der Waals surface area contributed by atoms with Gasteiger partial charge in [-0.15, -0.1) is 11.8 Å². The monoisotopic (exact) mass is 261 g/mol. The Morgan fingerprint density at radius 3 is 2.50 bits per heavy atom. The standard InChI is InChI=1S/C9H10ClNO2S.C2H6/c1-5-7(14-3)4-6(10)8(11-5)9(12)13-2;1-2/h4H,1-3H3;1-2H3. The third kappa shape index (κ3) is 3.68. The number of hydrogen-bond acceptors (Lipinski definition) is 4. The first-order chi connectivity index (χ1) is 7.60. The van der Waals surface area contributed by atoms with Crippen LogP contribution in [0.1, 0.15) is 30.0 Å². The molecule has 0 radical (unpaired) electrons. The van der Waals surface area contributed by atoms with Gasteiger partial charge in [0.05, 0.1) is 17.8 Å². The van der Waals surface area contributed by atoms with Crippen LogP contribution in [0.25, 0.3) is 0 Å². The quantitative estimate of drug-likeness (QED) is 0.603. The minimum absolute atomic E-state index is 0.171. The largest absolute Gasteiger partial charge is 0.464 e. The van der Waals surface area contributed by atoms with E-state index in [1.807, 2.05) is 27.0 Å². The fourth-order valence-electron chi connectivity index (χ4n) is 1.01. The zero-order chi connectivity index (χ0) is 12.7. The normalized spacial score (nSPS) is 9.12. The second-order valence-electron chi connectivity index (χ2n) is 2.60. The second-order valence-corrected chi connectivity index (χ2v) is 3.85. The van der Waals surface area contributed by atoms with Gasteiger partial charge in [-0.3, -0.25) is 0 Å². The molecule has 0 aliphatic rings. The first-order valence-electron chi connectivity index (χ1n) is 4.89. The minimum Gasteiger partial charge on any atom is -0.464 e. The molecule has 0 aromatic carbocycles. The molecule has 0 N–H and O–H groups in total. The van der Waals surface area contributed by atoms with E-state index >= 15 is 0 Å². The van der Waals surface area contributed by atoms with Crippen molar-refractivity contribution in [2.75, 3.05) is 13.4 Å². The van der Waals surface area contributed by atoms with Crippen molar-refractivity contribution in [1.82, 2.24) is 4.98 Å². The molecule has 0 spiro atoms. The van der Waals surface area contributed by atoms with Gasteiger partial charge < -0.3 is 4.74 Å². The molecule has 5 heteroatoms. The zero-order valence-corrected chi connectivity index (χ0v) is 11.7. The maximum Gasteiger partial charge on any atom is 0.358 e. The molecular weight excluding hydrogens is 246 g/mol. The molecule has 0 fully saturated rings. The fraction of sp³-hybridized carbons (Fsp3) is 0.455. The van der Waals surface area contributed by atoms with Crippen LogP contribution in [0, 0.1) is 6.92 Å². The van der Waals surface area contributed by atoms with Gasteiger partial charge in [0.25, 0.3) is 0 Å². The summed E-state index contributed by atoms with van der Waals surface area (Å²) < 4.78 is 4.55. The number of carbonyl (C=O) groups excluding carboxylic acids is 1. The lowest BCUT2D eigenvalue weighted by atomic mass is 10.3. The SMILES string of the molecule is CC.COC(=O)c1nc(C)c(SC)cc1Cl. The van der Waals surface area contributed by atoms with Crippen LogP contribution >= 0.6 is 23.4 Å². The van der Waals surface area contributed by atoms with E-state index in [0.29, 0.717) is 5.02 Å². The van der Waals surface area contributed by atoms with E-state index < -0.39 is 5.97 Å². The molecule has 16 heavy (non-hydrogen) atoms. The molecular formula is C11H16ClNO2S. The summed E-state index contributed by atoms with van der Waals surface area (Å²) in [4.78, 5) is 16.3. The van der Waals surface area contributed by atoms with E-state index in [1.165, 1.54) is 18.9 Å². The van der Waals surface area contributed by atoms with Crippen LogP contribution < -0.4 is 0 Å². The number of aromatic nitrogens is 1. The van der Waals surface area contributed by atoms with Crippen molar-refractivity contribution in [2.45, 2.75) is 25.7 Å². The number of aryl methyl sites for hydroxylation is 1. The van der Waals surface area contributed by atoms with Crippen LogP contribution in [0.2, 0.25) is 5.02 Å². The van der Waals surface area contributed by atoms with Crippen LogP contribution in [0.3, 0.4) is 0 Å². The number of esters is 1. The Morgan fingerprint density at radius 2 is 2.06 bits per heavy atom. The third-order valence-corrected chi connectivity index (χ3v) is 2.86. The first kappa shape index (κ1) is 15.3. The molecule has 0 saturated carbocycles. The average Bonchev–Trinajstić information content (AvgIpc) is 2.33. The molecule has 1 heterocycles. The van der Waals surface area contributed by atoms with E-state index in [1.54, 1.807) is 6.07 Å². The van der Waals surface area contributed by atoms with Gasteiger partial charge in [0.15, 0.2) is 5.69 Å². The highest BCUT2D eigenvalue weighted by atomic mass is 35.5. The van der Waals surface area contributed by atoms with Crippen molar-refractivity contribution >= 4 is 29.3 Å². The van der Waals surface area contributed by atoms with Gasteiger partial charge in [0, 0.05) is 4.90 Å². The highest BCUT2D eigenvalue weighted by Crippen LogP contribution is 2.24. The van der Waals surface area contributed by atoms with Crippen molar-refractivity contribution in [3.05, 3.63) is 22.5 Å². The summed E-state index contributed by atoms with van der Waals surface area (Å²) in [6.07, 6.45) is 1.93. The lowest BCUT2D eigenvalue weighted by molar-refractivity contribution is 0.0594. The average molecular weight is 262 g/mol. The number of carbonyl (C=O) groups is 1. The molecule has 0 bridgehead atoms. The summed E-state index contributed by atoms with van der Waals surface area (Å²) in [7, 11) is 1.30. The Kier molecular flexibility index (Phi) is 7.17. The minimum atomic E-state index is -0.509. The molecule has 1 aromatic heterocycles. The molecule has 0 saturated heterocycles. The molecule has 0 atom stereocenters. The molecule has 1 aromatic rings. The summed E-state index contributed by atoms with van der Waals surface area (Å²) in [5.74, 6) is -0.509. The van der Waals surface area contributed by atoms with E-state index in [2.05, 4.69) is 9.72 Å². The van der Waals surface area contributed by atoms with Gasteiger partial charge in [0.1, 0.15) is 0 Å².